The molecule has 0 atom stereocenters. The fraction of sp³-hybridized carbons (Fsp3) is 0.276. The van der Waals surface area contributed by atoms with E-state index >= 15 is 0 Å². The molecule has 0 aliphatic carbocycles. The molecule has 4 heteroatoms. The average Bonchev–Trinajstić information content (AvgIpc) is 3.12. The maximum absolute atomic E-state index is 12.9. The van der Waals surface area contributed by atoms with Gasteiger partial charge in [-0.3, -0.25) is 4.79 Å². The molecule has 0 aromatic heterocycles. The van der Waals surface area contributed by atoms with Crippen LogP contribution in [0.1, 0.15) is 61.8 Å². The number of fused-ring (bicyclic) bond motifs is 1. The van der Waals surface area contributed by atoms with Crippen LogP contribution >= 0.6 is 0 Å². The van der Waals surface area contributed by atoms with E-state index in [1.54, 1.807) is 14.2 Å². The first-order valence-electron chi connectivity index (χ1n) is 11.4. The highest BCUT2D eigenvalue weighted by molar-refractivity contribution is 6.35. The molecule has 33 heavy (non-hydrogen) atoms. The summed E-state index contributed by atoms with van der Waals surface area (Å²) in [4.78, 5) is 12.9. The molecule has 4 nitrogen and oxygen atoms in total. The molecule has 170 valence electrons. The summed E-state index contributed by atoms with van der Waals surface area (Å²) in [5.74, 6) is 2.29. The van der Waals surface area contributed by atoms with Crippen molar-refractivity contribution in [2.75, 3.05) is 19.5 Å². The van der Waals surface area contributed by atoms with E-state index in [2.05, 4.69) is 51.2 Å². The minimum atomic E-state index is -0.0826. The van der Waals surface area contributed by atoms with Gasteiger partial charge in [0.2, 0.25) is 0 Å². The first-order valence-corrected chi connectivity index (χ1v) is 11.4. The molecule has 4 rings (SSSR count). The van der Waals surface area contributed by atoms with Crippen molar-refractivity contribution in [1.29, 1.82) is 0 Å². The molecule has 0 fully saturated rings. The summed E-state index contributed by atoms with van der Waals surface area (Å²) in [6, 6.07) is 18.3. The van der Waals surface area contributed by atoms with Crippen molar-refractivity contribution in [3.63, 3.8) is 0 Å². The number of carbonyl (C=O) groups excluding carboxylic acids is 1. The predicted molar refractivity (Wildman–Crippen MR) is 136 cm³/mol. The molecule has 1 N–H and O–H groups in total. The van der Waals surface area contributed by atoms with Crippen LogP contribution in [0.5, 0.6) is 11.5 Å². The number of methoxy groups -OCH3 is 2. The third-order valence-corrected chi connectivity index (χ3v) is 6.13. The number of anilines is 1. The molecular weight excluding hydrogens is 410 g/mol. The molecule has 0 saturated heterocycles. The van der Waals surface area contributed by atoms with Crippen LogP contribution < -0.4 is 14.8 Å². The number of benzene rings is 3. The number of hydrogen-bond acceptors (Lipinski definition) is 3. The van der Waals surface area contributed by atoms with Gasteiger partial charge in [-0.15, -0.1) is 0 Å². The maximum Gasteiger partial charge on any atom is 0.256 e. The summed E-state index contributed by atoms with van der Waals surface area (Å²) < 4.78 is 11.1. The predicted octanol–water partition coefficient (Wildman–Crippen LogP) is 7.11. The SMILES string of the molecule is COc1cccc(-c2ccc3c(c2)NC(=O)C3=Cc2cc(C(C)C)c(OC)c(C(C)C)c2)c1. The van der Waals surface area contributed by atoms with Gasteiger partial charge in [-0.2, -0.15) is 0 Å². The highest BCUT2D eigenvalue weighted by atomic mass is 16.5. The summed E-state index contributed by atoms with van der Waals surface area (Å²) in [5.41, 5.74) is 7.82. The van der Waals surface area contributed by atoms with Gasteiger partial charge < -0.3 is 14.8 Å². The zero-order valence-electron chi connectivity index (χ0n) is 20.2. The van der Waals surface area contributed by atoms with Crippen LogP contribution in [0.4, 0.5) is 5.69 Å². The second kappa shape index (κ2) is 9.14. The quantitative estimate of drug-likeness (QED) is 0.415. The first-order chi connectivity index (χ1) is 15.8. The van der Waals surface area contributed by atoms with Crippen molar-refractivity contribution in [2.45, 2.75) is 39.5 Å². The second-order valence-electron chi connectivity index (χ2n) is 9.05. The third kappa shape index (κ3) is 4.38. The van der Waals surface area contributed by atoms with Crippen molar-refractivity contribution in [3.05, 3.63) is 76.9 Å². The van der Waals surface area contributed by atoms with E-state index in [-0.39, 0.29) is 5.91 Å². The Morgan fingerprint density at radius 1 is 0.818 bits per heavy atom. The lowest BCUT2D eigenvalue weighted by Gasteiger charge is -2.19. The van der Waals surface area contributed by atoms with E-state index in [1.807, 2.05) is 42.5 Å². The topological polar surface area (TPSA) is 47.6 Å². The Labute approximate surface area is 196 Å². The monoisotopic (exact) mass is 441 g/mol. The Balaban J connectivity index is 1.78. The van der Waals surface area contributed by atoms with E-state index in [9.17, 15) is 4.79 Å². The van der Waals surface area contributed by atoms with Gasteiger partial charge in [-0.1, -0.05) is 52.0 Å². The standard InChI is InChI=1S/C29H31NO3/c1-17(2)24-12-19(13-25(18(3)4)28(24)33-6)14-26-23-11-10-21(16-27(23)30-29(26)31)20-8-7-9-22(15-20)32-5/h7-18H,1-6H3,(H,30,31). The molecular formula is C29H31NO3. The van der Waals surface area contributed by atoms with Crippen molar-refractivity contribution in [1.82, 2.24) is 0 Å². The highest BCUT2D eigenvalue weighted by Crippen LogP contribution is 2.39. The van der Waals surface area contributed by atoms with Crippen LogP contribution in [-0.2, 0) is 4.79 Å². The van der Waals surface area contributed by atoms with Gasteiger partial charge in [-0.25, -0.2) is 0 Å². The lowest BCUT2D eigenvalue weighted by Crippen LogP contribution is -2.04. The second-order valence-corrected chi connectivity index (χ2v) is 9.05. The van der Waals surface area contributed by atoms with Crippen molar-refractivity contribution >= 4 is 23.2 Å². The Morgan fingerprint density at radius 2 is 1.48 bits per heavy atom. The van der Waals surface area contributed by atoms with Gasteiger partial charge in [0.05, 0.1) is 14.2 Å². The average molecular weight is 442 g/mol. The van der Waals surface area contributed by atoms with Gasteiger partial charge in [0.1, 0.15) is 11.5 Å². The summed E-state index contributed by atoms with van der Waals surface area (Å²) in [6.07, 6.45) is 1.99. The molecule has 1 heterocycles. The summed E-state index contributed by atoms with van der Waals surface area (Å²) >= 11 is 0. The maximum atomic E-state index is 12.9. The molecule has 0 spiro atoms. The summed E-state index contributed by atoms with van der Waals surface area (Å²) in [5, 5.41) is 3.04. The van der Waals surface area contributed by atoms with Crippen LogP contribution in [0.25, 0.3) is 22.8 Å². The number of amides is 1. The van der Waals surface area contributed by atoms with E-state index in [4.69, 9.17) is 9.47 Å². The Kier molecular flexibility index (Phi) is 6.28. The largest absolute Gasteiger partial charge is 0.497 e. The number of hydrogen-bond donors (Lipinski definition) is 1. The number of ether oxygens (including phenoxy) is 2. The molecule has 0 saturated carbocycles. The minimum absolute atomic E-state index is 0.0826. The number of rotatable bonds is 6. The van der Waals surface area contributed by atoms with Crippen LogP contribution in [0.15, 0.2) is 54.6 Å². The Hall–Kier alpha value is -3.53. The van der Waals surface area contributed by atoms with Crippen LogP contribution in [0.2, 0.25) is 0 Å². The lowest BCUT2D eigenvalue weighted by atomic mass is 9.90. The number of carbonyl (C=O) groups is 1. The highest BCUT2D eigenvalue weighted by Gasteiger charge is 2.25. The van der Waals surface area contributed by atoms with Crippen molar-refractivity contribution < 1.29 is 14.3 Å². The van der Waals surface area contributed by atoms with Gasteiger partial charge >= 0.3 is 0 Å². The summed E-state index contributed by atoms with van der Waals surface area (Å²) in [7, 11) is 3.39. The lowest BCUT2D eigenvalue weighted by molar-refractivity contribution is -0.110. The normalized spacial score (nSPS) is 14.1. The molecule has 3 aromatic carbocycles. The molecule has 1 aliphatic heterocycles. The van der Waals surface area contributed by atoms with Crippen LogP contribution in [0.3, 0.4) is 0 Å². The summed E-state index contributed by atoms with van der Waals surface area (Å²) in [6.45, 7) is 8.65. The number of nitrogens with one attached hydrogen (secondary N) is 1. The Bertz CT molecular complexity index is 1210. The zero-order valence-corrected chi connectivity index (χ0v) is 20.2. The van der Waals surface area contributed by atoms with E-state index in [1.165, 1.54) is 0 Å². The molecule has 0 radical (unpaired) electrons. The molecule has 1 amide bonds. The van der Waals surface area contributed by atoms with Gasteiger partial charge in [0.25, 0.3) is 5.91 Å². The van der Waals surface area contributed by atoms with E-state index < -0.39 is 0 Å². The van der Waals surface area contributed by atoms with Gasteiger partial charge in [-0.05, 0) is 76.1 Å². The van der Waals surface area contributed by atoms with Crippen molar-refractivity contribution in [2.24, 2.45) is 0 Å². The third-order valence-electron chi connectivity index (χ3n) is 6.13. The van der Waals surface area contributed by atoms with Crippen LogP contribution in [-0.4, -0.2) is 20.1 Å². The first kappa shape index (κ1) is 22.7. The molecule has 3 aromatic rings. The fourth-order valence-electron chi connectivity index (χ4n) is 4.36. The Morgan fingerprint density at radius 3 is 2.09 bits per heavy atom. The fourth-order valence-corrected chi connectivity index (χ4v) is 4.36. The molecule has 0 bridgehead atoms. The van der Waals surface area contributed by atoms with Crippen LogP contribution in [0, 0.1) is 0 Å². The van der Waals surface area contributed by atoms with E-state index in [0.29, 0.717) is 17.4 Å². The van der Waals surface area contributed by atoms with Gasteiger partial charge in [0, 0.05) is 16.8 Å². The smallest absolute Gasteiger partial charge is 0.256 e. The molecule has 1 aliphatic rings. The zero-order chi connectivity index (χ0) is 23.7. The van der Waals surface area contributed by atoms with Gasteiger partial charge in [0.15, 0.2) is 0 Å². The minimum Gasteiger partial charge on any atom is -0.497 e. The van der Waals surface area contributed by atoms with E-state index in [0.717, 1.165) is 50.6 Å². The molecule has 0 unspecified atom stereocenters. The van der Waals surface area contributed by atoms with Crippen molar-refractivity contribution in [3.8, 4) is 22.6 Å².